The second-order valence-electron chi connectivity index (χ2n) is 32.0. The zero-order valence-electron chi connectivity index (χ0n) is 74.3. The number of carbonyl (C=O) groups excluding carboxylic acids is 9. The number of hydrogen-bond donors (Lipinski definition) is 13. The fourth-order valence-corrected chi connectivity index (χ4v) is 19.1. The van der Waals surface area contributed by atoms with Gasteiger partial charge in [-0.2, -0.15) is 5.48 Å². The molecule has 38 nitrogen and oxygen atoms in total. The molecule has 2 aromatic rings. The summed E-state index contributed by atoms with van der Waals surface area (Å²) < 4.78 is 79.0. The smallest absolute Gasteiger partial charge is 0.411 e. The molecule has 4 heterocycles. The van der Waals surface area contributed by atoms with Gasteiger partial charge in [0.05, 0.1) is 116 Å². The van der Waals surface area contributed by atoms with Crippen molar-refractivity contribution in [3.05, 3.63) is 79.6 Å². The maximum atomic E-state index is 14.7. The zero-order valence-corrected chi connectivity index (χ0v) is 78.9. The van der Waals surface area contributed by atoms with Gasteiger partial charge in [-0.25, -0.2) is 9.59 Å². The van der Waals surface area contributed by atoms with Crippen LogP contribution >= 0.6 is 55.9 Å². The third-order valence-corrected chi connectivity index (χ3v) is 27.8. The molecule has 13 N–H and O–H groups in total. The number of nitrogens with one attached hydrogen (secondary N) is 5. The Labute approximate surface area is 774 Å². The second-order valence-corrected chi connectivity index (χ2v) is 37.1. The van der Waals surface area contributed by atoms with E-state index in [1.807, 2.05) is 29.5 Å². The fraction of sp³-hybridized carbons (Fsp3) is 0.632. The lowest BCUT2D eigenvalue weighted by Crippen LogP contribution is -2.65. The number of aliphatic hydroxyl groups is 7. The van der Waals surface area contributed by atoms with Gasteiger partial charge in [-0.3, -0.25) is 48.5 Å². The van der Waals surface area contributed by atoms with Crippen LogP contribution in [0.2, 0.25) is 0 Å². The van der Waals surface area contributed by atoms with Crippen molar-refractivity contribution in [1.82, 2.24) is 26.3 Å². The van der Waals surface area contributed by atoms with Gasteiger partial charge in [-0.05, 0) is 118 Å². The van der Waals surface area contributed by atoms with Crippen LogP contribution in [-0.4, -0.2) is 304 Å². The number of carboxylic acids is 1. The average molecular weight is 1980 g/mol. The molecular weight excluding hydrogens is 1860 g/mol. The molecule has 5 amide bonds. The lowest BCUT2D eigenvalue weighted by molar-refractivity contribution is -0.337. The standard InChI is InChI=1S/C87H119IN6O32S3/c1-15-94(62(102)39-89-85(110)119-41-50-25-27-51(28-26-50)90-81(108)44(4)35-56(98)69(43(2)3)91-61(101)22-20-23-63(103)104)55-42-118-64(37-60(55)113-10)124-78-73(106)70(93-126-65-36-57(99)80(49(9)120-65)128-82(109)66-46(6)68(88)76(79(116-13)75(66)114-11)125-83-74(107)77(115-12)72(105)48(8)122-83)47(7)121-84(78)123-59-21-18-16-17-19-33-87(112)38-58(100)71(92-86(111)117-14)67(59)54(87)32-34-127-129-45(5)24-29-52(96)30-31-53(97)40-95/h16-17,25-28,32,43-45,47-49,53,55,57,59-60,64-65,69-70,72-74,77-78,80,83-84,93,95,97,99,105-107,112H,15,20,22-24,29-31,34-42H2,1-14H3,(H,89,110)(H,90,108)(H,91,101)(H,92,111)(H,103,104)/b17-16-,54-32+/t44-,45?,47?,48?,49?,53?,55?,57?,59+,60?,64?,65?,69+,70?,72?,73?,74?,77?,78?,80?,83?,84?,87+/m1/s1. The van der Waals surface area contributed by atoms with Gasteiger partial charge in [-0.15, -0.1) is 0 Å². The summed E-state index contributed by atoms with van der Waals surface area (Å²) in [6.45, 7) is 13.6. The highest BCUT2D eigenvalue weighted by molar-refractivity contribution is 14.1. The van der Waals surface area contributed by atoms with E-state index in [0.717, 1.165) is 18.9 Å². The van der Waals surface area contributed by atoms with E-state index >= 15 is 0 Å². The Morgan fingerprint density at radius 3 is 2.14 bits per heavy atom. The van der Waals surface area contributed by atoms with E-state index in [4.69, 9.17) is 71.5 Å². The number of hydrogen-bond acceptors (Lipinski definition) is 35. The number of alkyl carbamates (subject to hydrolysis) is 2. The van der Waals surface area contributed by atoms with Gasteiger partial charge in [0, 0.05) is 99.5 Å². The molecular formula is C87H119IN6O32S3. The molecule has 0 radical (unpaired) electrons. The Morgan fingerprint density at radius 2 is 1.49 bits per heavy atom. The summed E-state index contributed by atoms with van der Waals surface area (Å²) in [5.41, 5.74) is 1.35. The Kier molecular flexibility index (Phi) is 42.2. The van der Waals surface area contributed by atoms with Crippen molar-refractivity contribution >= 4 is 120 Å². The first-order valence-corrected chi connectivity index (χ1v) is 46.6. The molecule has 0 aromatic heterocycles. The zero-order chi connectivity index (χ0) is 94.8. The lowest BCUT2D eigenvalue weighted by Gasteiger charge is -2.47. The van der Waals surface area contributed by atoms with Gasteiger partial charge in [-0.1, -0.05) is 103 Å². The number of hydroxylamine groups is 1. The maximum Gasteiger partial charge on any atom is 0.411 e. The molecule has 4 saturated heterocycles. The van der Waals surface area contributed by atoms with E-state index < -0.39 is 205 Å². The van der Waals surface area contributed by atoms with E-state index in [-0.39, 0.29) is 140 Å². The summed E-state index contributed by atoms with van der Waals surface area (Å²) in [4.78, 5) is 140. The van der Waals surface area contributed by atoms with Gasteiger partial charge in [0.1, 0.15) is 55.6 Å². The van der Waals surface area contributed by atoms with Crippen molar-refractivity contribution in [2.24, 2.45) is 11.8 Å². The van der Waals surface area contributed by atoms with Crippen LogP contribution in [0.4, 0.5) is 15.3 Å². The number of ether oxygens (including phenoxy) is 13. The van der Waals surface area contributed by atoms with Gasteiger partial charge in [0.25, 0.3) is 0 Å². The van der Waals surface area contributed by atoms with Crippen LogP contribution in [0.15, 0.2) is 59.3 Å². The van der Waals surface area contributed by atoms with Crippen molar-refractivity contribution in [3.63, 3.8) is 0 Å². The normalized spacial score (nSPS) is 28.2. The van der Waals surface area contributed by atoms with Gasteiger partial charge < -0.3 is 123 Å². The molecule has 19 unspecified atom stereocenters. The van der Waals surface area contributed by atoms with Crippen LogP contribution in [-0.2, 0) is 92.4 Å². The summed E-state index contributed by atoms with van der Waals surface area (Å²) in [7, 11) is 9.22. The van der Waals surface area contributed by atoms with Crippen molar-refractivity contribution in [3.8, 4) is 40.9 Å². The quantitative estimate of drug-likeness (QED) is 0.0138. The highest BCUT2D eigenvalue weighted by Crippen LogP contribution is 2.50. The minimum absolute atomic E-state index is 0.00842. The summed E-state index contributed by atoms with van der Waals surface area (Å²) in [5, 5.41) is 96.2. The van der Waals surface area contributed by atoms with Crippen LogP contribution in [0.5, 0.6) is 17.2 Å². The predicted molar refractivity (Wildman–Crippen MR) is 476 cm³/mol. The number of methoxy groups -OCH3 is 5. The van der Waals surface area contributed by atoms with Crippen LogP contribution in [0.25, 0.3) is 0 Å². The molecule has 8 rings (SSSR count). The average Bonchev–Trinajstić information content (AvgIpc) is 0.754. The molecule has 4 fully saturated rings. The number of Topliss-reactive ketones (excluding diaryl/α,β-unsaturated/α-hetero) is 3. The third kappa shape index (κ3) is 29.2. The molecule has 6 aliphatic rings. The Bertz CT molecular complexity index is 4450. The number of halogens is 1. The van der Waals surface area contributed by atoms with Gasteiger partial charge in [0.2, 0.25) is 34.9 Å². The van der Waals surface area contributed by atoms with Crippen molar-refractivity contribution in [2.75, 3.05) is 72.9 Å². The number of benzene rings is 2. The number of anilines is 1. The first kappa shape index (κ1) is 107. The molecule has 42 heteroatoms. The monoisotopic (exact) mass is 1980 g/mol. The number of nitrogens with zero attached hydrogens (tertiary/aromatic N) is 1. The minimum atomic E-state index is -2.26. The van der Waals surface area contributed by atoms with Crippen LogP contribution in [0.3, 0.4) is 0 Å². The Morgan fingerprint density at radius 1 is 0.791 bits per heavy atom. The molecule has 0 spiro atoms. The maximum absolute atomic E-state index is 14.7. The topological polar surface area (TPSA) is 525 Å². The number of aliphatic carboxylic acids is 1. The SMILES string of the molecule is CCN(C(=O)CNC(=O)OCc1ccc(NC(=O)[C@H](C)CC(=O)[C@@H](NC(=O)CCCC(=O)O)C(C)C)cc1)C1COC(OC2C(O[C@H]3C#C/C=C\C#C[C@]4(O)CC(=O)C(NC(=O)OC)=C3/C4=C\CSSC(C)CCC(=O)CCC(O)CO)OC(C)C(NOC3CC(O)C(SC(=O)c4c(C)c(I)c(OC5OC(C)C(O)C(OC)C5O)c(OC)c4OC)C(C)O3)C2O)CC1OC. The number of carbonyl (C=O) groups is 10. The number of rotatable bonds is 44. The molecule has 2 aliphatic carbocycles. The number of fused-ring (bicyclic) bond motifs is 2. The first-order chi connectivity index (χ1) is 61.3. The van der Waals surface area contributed by atoms with E-state index in [1.165, 1.54) is 67.1 Å². The molecule has 23 atom stereocenters. The predicted octanol–water partition coefficient (Wildman–Crippen LogP) is 4.88. The largest absolute Gasteiger partial charge is 0.492 e. The summed E-state index contributed by atoms with van der Waals surface area (Å²) in [6, 6.07) is 3.31. The summed E-state index contributed by atoms with van der Waals surface area (Å²) in [5.74, 6) is 6.60. The molecule has 129 heavy (non-hydrogen) atoms. The summed E-state index contributed by atoms with van der Waals surface area (Å²) in [6.07, 6.45) is -18.8. The number of ketones is 3. The molecule has 714 valence electrons. The Balaban J connectivity index is 0.987. The Hall–Kier alpha value is -7.62. The first-order valence-electron chi connectivity index (χ1n) is 42.2. The number of aliphatic hydroxyl groups excluding tert-OH is 6. The van der Waals surface area contributed by atoms with Crippen molar-refractivity contribution in [2.45, 2.75) is 272 Å². The van der Waals surface area contributed by atoms with E-state index in [9.17, 15) is 83.7 Å². The van der Waals surface area contributed by atoms with E-state index in [2.05, 4.69) is 50.4 Å². The lowest BCUT2D eigenvalue weighted by atomic mass is 9.75. The van der Waals surface area contributed by atoms with E-state index in [1.54, 1.807) is 85.7 Å². The second kappa shape index (κ2) is 51.0. The highest BCUT2D eigenvalue weighted by atomic mass is 127. The number of allylic oxidation sites excluding steroid dienone is 3. The summed E-state index contributed by atoms with van der Waals surface area (Å²) >= 11 is 2.73. The van der Waals surface area contributed by atoms with Gasteiger partial charge in [0.15, 0.2) is 47.5 Å². The number of carboxylic acid groups (broad SMARTS) is 1. The van der Waals surface area contributed by atoms with Crippen molar-refractivity contribution < 1.29 is 155 Å². The fourth-order valence-electron chi connectivity index (χ4n) is 15.1. The van der Waals surface area contributed by atoms with Crippen LogP contribution in [0.1, 0.15) is 148 Å². The van der Waals surface area contributed by atoms with E-state index in [0.29, 0.717) is 26.8 Å². The van der Waals surface area contributed by atoms with Crippen LogP contribution < -0.4 is 41.0 Å². The minimum Gasteiger partial charge on any atom is -0.492 e. The number of likely N-dealkylation sites (N-methyl/N-ethyl adjacent to an activating group) is 1. The van der Waals surface area contributed by atoms with Gasteiger partial charge >= 0.3 is 18.2 Å². The highest BCUT2D eigenvalue weighted by Gasteiger charge is 2.53. The third-order valence-electron chi connectivity index (χ3n) is 22.3. The molecule has 4 aliphatic heterocycles. The van der Waals surface area contributed by atoms with Crippen LogP contribution in [0, 0.1) is 46.0 Å². The molecule has 2 bridgehead atoms. The number of amides is 5. The number of thioether (sulfide) groups is 1. The van der Waals surface area contributed by atoms with Crippen molar-refractivity contribution in [1.29, 1.82) is 0 Å². The molecule has 0 saturated carbocycles. The molecule has 2 aromatic carbocycles.